The Morgan fingerprint density at radius 1 is 1.00 bits per heavy atom. The van der Waals surface area contributed by atoms with Crippen molar-refractivity contribution < 1.29 is 4.79 Å². The second kappa shape index (κ2) is 8.98. The van der Waals surface area contributed by atoms with Crippen LogP contribution in [0.1, 0.15) is 4.88 Å². The van der Waals surface area contributed by atoms with Gasteiger partial charge in [-0.05, 0) is 54.7 Å². The van der Waals surface area contributed by atoms with Gasteiger partial charge in [0.05, 0.1) is 6.54 Å². The summed E-state index contributed by atoms with van der Waals surface area (Å²) < 4.78 is 0. The van der Waals surface area contributed by atoms with Crippen LogP contribution < -0.4 is 5.32 Å². The molecule has 0 fully saturated rings. The van der Waals surface area contributed by atoms with Gasteiger partial charge in [-0.25, -0.2) is 4.79 Å². The molecule has 0 bridgehead atoms. The Morgan fingerprint density at radius 3 is 2.50 bits per heavy atom. The normalized spacial score (nSPS) is 10.9. The maximum absolute atomic E-state index is 12.9. The molecule has 0 atom stereocenters. The van der Waals surface area contributed by atoms with Crippen LogP contribution in [0.15, 0.2) is 59.3 Å². The minimum Gasteiger partial charge on any atom is -0.318 e. The predicted molar refractivity (Wildman–Crippen MR) is 112 cm³/mol. The van der Waals surface area contributed by atoms with Crippen molar-refractivity contribution in [1.82, 2.24) is 9.80 Å². The molecule has 136 valence electrons. The van der Waals surface area contributed by atoms with Crippen LogP contribution in [-0.4, -0.2) is 43.0 Å². The van der Waals surface area contributed by atoms with E-state index in [0.717, 1.165) is 17.8 Å². The van der Waals surface area contributed by atoms with E-state index in [1.807, 2.05) is 54.7 Å². The van der Waals surface area contributed by atoms with Crippen molar-refractivity contribution in [3.05, 3.63) is 64.2 Å². The average Bonchev–Trinajstić information content (AvgIpc) is 3.32. The molecule has 0 spiro atoms. The monoisotopic (exact) mass is 385 g/mol. The highest BCUT2D eigenvalue weighted by Crippen LogP contribution is 2.27. The van der Waals surface area contributed by atoms with E-state index in [9.17, 15) is 4.79 Å². The van der Waals surface area contributed by atoms with E-state index in [2.05, 4.69) is 33.8 Å². The fourth-order valence-corrected chi connectivity index (χ4v) is 4.00. The highest BCUT2D eigenvalue weighted by atomic mass is 32.1. The predicted octanol–water partition coefficient (Wildman–Crippen LogP) is 5.07. The van der Waals surface area contributed by atoms with Gasteiger partial charge < -0.3 is 15.1 Å². The van der Waals surface area contributed by atoms with Crippen LogP contribution in [0.5, 0.6) is 0 Å². The van der Waals surface area contributed by atoms with Gasteiger partial charge in [-0.2, -0.15) is 0 Å². The van der Waals surface area contributed by atoms with Crippen LogP contribution in [0.25, 0.3) is 10.4 Å². The Morgan fingerprint density at radius 2 is 1.81 bits per heavy atom. The van der Waals surface area contributed by atoms with Gasteiger partial charge in [0, 0.05) is 28.5 Å². The first-order chi connectivity index (χ1) is 12.6. The Labute approximate surface area is 162 Å². The van der Waals surface area contributed by atoms with Gasteiger partial charge in [0.25, 0.3) is 0 Å². The summed E-state index contributed by atoms with van der Waals surface area (Å²) in [5.74, 6) is 0. The average molecular weight is 386 g/mol. The number of amides is 2. The number of anilines is 1. The molecule has 3 aromatic rings. The molecule has 0 saturated heterocycles. The van der Waals surface area contributed by atoms with Crippen LogP contribution in [0.3, 0.4) is 0 Å². The summed E-state index contributed by atoms with van der Waals surface area (Å²) in [5, 5.41) is 7.16. The summed E-state index contributed by atoms with van der Waals surface area (Å²) in [6, 6.07) is 16.2. The summed E-state index contributed by atoms with van der Waals surface area (Å²) >= 11 is 3.37. The zero-order valence-electron chi connectivity index (χ0n) is 15.0. The van der Waals surface area contributed by atoms with Crippen molar-refractivity contribution in [2.45, 2.75) is 6.54 Å². The number of nitrogens with zero attached hydrogens (tertiary/aromatic N) is 2. The van der Waals surface area contributed by atoms with Gasteiger partial charge in [0.15, 0.2) is 0 Å². The van der Waals surface area contributed by atoms with E-state index in [1.54, 1.807) is 22.7 Å². The lowest BCUT2D eigenvalue weighted by molar-refractivity contribution is 0.203. The van der Waals surface area contributed by atoms with Gasteiger partial charge in [0.1, 0.15) is 0 Å². The fourth-order valence-electron chi connectivity index (χ4n) is 2.56. The SMILES string of the molecule is CN(C)CCN(Cc1cccs1)C(=O)Nc1cccc(-c2cccs2)c1. The van der Waals surface area contributed by atoms with Crippen molar-refractivity contribution in [3.63, 3.8) is 0 Å². The standard InChI is InChI=1S/C20H23N3OS2/c1-22(2)10-11-23(15-18-8-4-12-25-18)20(24)21-17-7-3-6-16(14-17)19-9-5-13-26-19/h3-9,12-14H,10-11,15H2,1-2H3,(H,21,24). The first kappa shape index (κ1) is 18.6. The van der Waals surface area contributed by atoms with Gasteiger partial charge in [-0.1, -0.05) is 24.3 Å². The number of urea groups is 1. The highest BCUT2D eigenvalue weighted by molar-refractivity contribution is 7.13. The quantitative estimate of drug-likeness (QED) is 0.616. The van der Waals surface area contributed by atoms with E-state index in [4.69, 9.17) is 0 Å². The zero-order chi connectivity index (χ0) is 18.4. The lowest BCUT2D eigenvalue weighted by Gasteiger charge is -2.24. The summed E-state index contributed by atoms with van der Waals surface area (Å²) in [6.45, 7) is 2.14. The third kappa shape index (κ3) is 5.17. The van der Waals surface area contributed by atoms with Crippen molar-refractivity contribution in [2.75, 3.05) is 32.5 Å². The van der Waals surface area contributed by atoms with Crippen LogP contribution in [0, 0.1) is 0 Å². The third-order valence-electron chi connectivity index (χ3n) is 3.95. The fraction of sp³-hybridized carbons (Fsp3) is 0.250. The largest absolute Gasteiger partial charge is 0.322 e. The second-order valence-electron chi connectivity index (χ2n) is 6.29. The molecule has 1 aromatic carbocycles. The molecule has 2 amide bonds. The maximum atomic E-state index is 12.9. The van der Waals surface area contributed by atoms with Crippen molar-refractivity contribution in [2.24, 2.45) is 0 Å². The number of hydrogen-bond acceptors (Lipinski definition) is 4. The number of nitrogens with one attached hydrogen (secondary N) is 1. The van der Waals surface area contributed by atoms with E-state index in [0.29, 0.717) is 13.1 Å². The Balaban J connectivity index is 1.71. The number of carbonyl (C=O) groups is 1. The van der Waals surface area contributed by atoms with Gasteiger partial charge >= 0.3 is 6.03 Å². The molecule has 0 aliphatic rings. The Bertz CT molecular complexity index is 813. The van der Waals surface area contributed by atoms with E-state index in [-0.39, 0.29) is 6.03 Å². The maximum Gasteiger partial charge on any atom is 0.322 e. The topological polar surface area (TPSA) is 35.6 Å². The molecule has 0 unspecified atom stereocenters. The molecule has 26 heavy (non-hydrogen) atoms. The summed E-state index contributed by atoms with van der Waals surface area (Å²) in [7, 11) is 4.04. The highest BCUT2D eigenvalue weighted by Gasteiger charge is 2.15. The summed E-state index contributed by atoms with van der Waals surface area (Å²) in [6.07, 6.45) is 0. The van der Waals surface area contributed by atoms with Crippen molar-refractivity contribution in [1.29, 1.82) is 0 Å². The third-order valence-corrected chi connectivity index (χ3v) is 5.73. The van der Waals surface area contributed by atoms with Crippen LogP contribution >= 0.6 is 22.7 Å². The number of likely N-dealkylation sites (N-methyl/N-ethyl adjacent to an activating group) is 1. The minimum atomic E-state index is -0.0661. The van der Waals surface area contributed by atoms with Gasteiger partial charge in [0.2, 0.25) is 0 Å². The molecular weight excluding hydrogens is 362 g/mol. The Kier molecular flexibility index (Phi) is 6.44. The number of rotatable bonds is 7. The van der Waals surface area contributed by atoms with Gasteiger partial charge in [-0.15, -0.1) is 22.7 Å². The number of thiophene rings is 2. The summed E-state index contributed by atoms with van der Waals surface area (Å²) in [4.78, 5) is 19.2. The van der Waals surface area contributed by atoms with Crippen LogP contribution in [0.4, 0.5) is 10.5 Å². The molecule has 0 radical (unpaired) electrons. The molecule has 1 N–H and O–H groups in total. The van der Waals surface area contributed by atoms with E-state index in [1.165, 1.54) is 9.75 Å². The molecule has 0 aliphatic heterocycles. The molecule has 2 heterocycles. The smallest absolute Gasteiger partial charge is 0.318 e. The molecule has 0 aliphatic carbocycles. The number of benzene rings is 1. The molecule has 3 rings (SSSR count). The Hall–Kier alpha value is -2.15. The van der Waals surface area contributed by atoms with Crippen LogP contribution in [-0.2, 0) is 6.54 Å². The molecule has 4 nitrogen and oxygen atoms in total. The molecule has 6 heteroatoms. The van der Waals surface area contributed by atoms with Gasteiger partial charge in [-0.3, -0.25) is 0 Å². The van der Waals surface area contributed by atoms with E-state index < -0.39 is 0 Å². The lowest BCUT2D eigenvalue weighted by Crippen LogP contribution is -2.38. The van der Waals surface area contributed by atoms with Crippen LogP contribution in [0.2, 0.25) is 0 Å². The molecular formula is C20H23N3OS2. The summed E-state index contributed by atoms with van der Waals surface area (Å²) in [5.41, 5.74) is 1.94. The molecule has 2 aromatic heterocycles. The molecule has 0 saturated carbocycles. The minimum absolute atomic E-state index is 0.0661. The zero-order valence-corrected chi connectivity index (χ0v) is 16.6. The van der Waals surface area contributed by atoms with Crippen molar-refractivity contribution >= 4 is 34.4 Å². The van der Waals surface area contributed by atoms with Crippen molar-refractivity contribution in [3.8, 4) is 10.4 Å². The number of carbonyl (C=O) groups excluding carboxylic acids is 1. The second-order valence-corrected chi connectivity index (χ2v) is 8.27. The van der Waals surface area contributed by atoms with E-state index >= 15 is 0 Å². The first-order valence-electron chi connectivity index (χ1n) is 8.49. The lowest BCUT2D eigenvalue weighted by atomic mass is 10.1. The number of hydrogen-bond donors (Lipinski definition) is 1. The first-order valence-corrected chi connectivity index (χ1v) is 10.2.